The van der Waals surface area contributed by atoms with Gasteiger partial charge < -0.3 is 13.3 Å². The molecule has 0 bridgehead atoms. The summed E-state index contributed by atoms with van der Waals surface area (Å²) in [5.41, 5.74) is 1.83. The molecule has 0 amide bonds. The molecule has 0 aromatic heterocycles. The predicted molar refractivity (Wildman–Crippen MR) is 50.0 cm³/mol. The summed E-state index contributed by atoms with van der Waals surface area (Å²) < 4.78 is 15.3. The number of allylic oxidation sites excluding steroid dienone is 1. The van der Waals surface area contributed by atoms with E-state index in [9.17, 15) is 0 Å². The molecule has 0 rings (SSSR count). The first-order valence-corrected chi connectivity index (χ1v) is 5.29. The molecule has 0 saturated carbocycles. The van der Waals surface area contributed by atoms with Crippen molar-refractivity contribution in [2.24, 2.45) is 0 Å². The SMILES string of the molecule is CC=C[Si](OC)(OC)OC.N=C=O. The molecule has 6 heteroatoms. The van der Waals surface area contributed by atoms with Crippen LogP contribution in [0.25, 0.3) is 0 Å². The van der Waals surface area contributed by atoms with Gasteiger partial charge in [0, 0.05) is 21.3 Å². The zero-order valence-corrected chi connectivity index (χ0v) is 9.29. The molecule has 1 N–H and O–H groups in total. The Balaban J connectivity index is 0. The molecule has 0 spiro atoms. The minimum Gasteiger partial charge on any atom is -0.374 e. The summed E-state index contributed by atoms with van der Waals surface area (Å²) in [7, 11) is 2.35. The minimum absolute atomic E-state index is 0.750. The van der Waals surface area contributed by atoms with Gasteiger partial charge in [0.15, 0.2) is 0 Å². The number of isocyanates is 1. The van der Waals surface area contributed by atoms with E-state index in [4.69, 9.17) is 23.5 Å². The maximum absolute atomic E-state index is 8.35. The lowest BCUT2D eigenvalue weighted by Crippen LogP contribution is -2.40. The van der Waals surface area contributed by atoms with Gasteiger partial charge in [-0.1, -0.05) is 6.08 Å². The van der Waals surface area contributed by atoms with Crippen molar-refractivity contribution in [2.45, 2.75) is 6.92 Å². The Kier molecular flexibility index (Phi) is 10.5. The van der Waals surface area contributed by atoms with Crippen molar-refractivity contribution in [3.05, 3.63) is 11.8 Å². The fourth-order valence-corrected chi connectivity index (χ4v) is 1.97. The smallest absolute Gasteiger partial charge is 0.374 e. The first-order chi connectivity index (χ1) is 6.16. The number of carbonyl (C=O) groups excluding carboxylic acids is 1. The predicted octanol–water partition coefficient (Wildman–Crippen LogP) is 0.881. The van der Waals surface area contributed by atoms with Crippen molar-refractivity contribution in [3.8, 4) is 0 Å². The largest absolute Gasteiger partial charge is 0.528 e. The third-order valence-corrected chi connectivity index (χ3v) is 3.67. The molecule has 0 aliphatic rings. The molecule has 13 heavy (non-hydrogen) atoms. The molecule has 5 nitrogen and oxygen atoms in total. The van der Waals surface area contributed by atoms with E-state index in [2.05, 4.69) is 0 Å². The fourth-order valence-electron chi connectivity index (χ4n) is 0.658. The first-order valence-electron chi connectivity index (χ1n) is 3.49. The minimum atomic E-state index is -2.40. The lowest BCUT2D eigenvalue weighted by molar-refractivity contribution is 0.138. The van der Waals surface area contributed by atoms with Gasteiger partial charge >= 0.3 is 8.80 Å². The van der Waals surface area contributed by atoms with Crippen molar-refractivity contribution < 1.29 is 18.1 Å². The molecule has 0 saturated heterocycles. The van der Waals surface area contributed by atoms with Crippen LogP contribution in [0.4, 0.5) is 0 Å². The third-order valence-electron chi connectivity index (χ3n) is 1.22. The lowest BCUT2D eigenvalue weighted by atomic mass is 10.8. The maximum atomic E-state index is 8.35. The van der Waals surface area contributed by atoms with Crippen LogP contribution >= 0.6 is 0 Å². The van der Waals surface area contributed by atoms with Crippen LogP contribution in [-0.2, 0) is 18.1 Å². The number of nitrogens with one attached hydrogen (secondary N) is 1. The van der Waals surface area contributed by atoms with Crippen LogP contribution < -0.4 is 0 Å². The van der Waals surface area contributed by atoms with Crippen molar-refractivity contribution in [1.82, 2.24) is 0 Å². The van der Waals surface area contributed by atoms with Gasteiger partial charge in [-0.3, -0.25) is 0 Å². The number of hydrogen-bond donors (Lipinski definition) is 1. The Morgan fingerprint density at radius 3 is 1.62 bits per heavy atom. The Bertz CT molecular complexity index is 165. The van der Waals surface area contributed by atoms with Crippen molar-refractivity contribution >= 4 is 14.9 Å². The Labute approximate surface area is 79.2 Å². The van der Waals surface area contributed by atoms with E-state index >= 15 is 0 Å². The highest BCUT2D eigenvalue weighted by atomic mass is 28.4. The van der Waals surface area contributed by atoms with Gasteiger partial charge in [-0.2, -0.15) is 0 Å². The molecule has 0 aliphatic carbocycles. The van der Waals surface area contributed by atoms with Crippen molar-refractivity contribution in [1.29, 1.82) is 5.41 Å². The molecule has 0 aromatic carbocycles. The van der Waals surface area contributed by atoms with E-state index in [0.29, 0.717) is 0 Å². The third kappa shape index (κ3) is 6.38. The highest BCUT2D eigenvalue weighted by molar-refractivity contribution is 6.66. The van der Waals surface area contributed by atoms with Gasteiger partial charge in [0.25, 0.3) is 0 Å². The fraction of sp³-hybridized carbons (Fsp3) is 0.571. The van der Waals surface area contributed by atoms with Gasteiger partial charge in [-0.25, -0.2) is 10.2 Å². The summed E-state index contributed by atoms with van der Waals surface area (Å²) >= 11 is 0. The van der Waals surface area contributed by atoms with Crippen LogP contribution in [0, 0.1) is 5.41 Å². The van der Waals surface area contributed by atoms with Gasteiger partial charge in [-0.05, 0) is 12.6 Å². The standard InChI is InChI=1S/C6H14O3Si.CHNO/c1-5-6-10(7-2,8-3)9-4;2-1-3/h5-6H,1-4H3;2H. The summed E-state index contributed by atoms with van der Waals surface area (Å²) in [4.78, 5) is 8.35. The number of hydrogen-bond acceptors (Lipinski definition) is 5. The van der Waals surface area contributed by atoms with Crippen LogP contribution in [0.2, 0.25) is 0 Å². The molecule has 76 valence electrons. The normalized spacial score (nSPS) is 10.5. The van der Waals surface area contributed by atoms with E-state index < -0.39 is 8.80 Å². The molecule has 0 aromatic rings. The molecular formula is C7H15NO4Si. The molecule has 0 atom stereocenters. The van der Waals surface area contributed by atoms with Gasteiger partial charge in [0.05, 0.1) is 0 Å². The molecule has 0 fully saturated rings. The van der Waals surface area contributed by atoms with Crippen LogP contribution in [0.1, 0.15) is 6.92 Å². The van der Waals surface area contributed by atoms with Crippen LogP contribution in [0.15, 0.2) is 11.8 Å². The van der Waals surface area contributed by atoms with E-state index in [1.807, 2.05) is 18.7 Å². The van der Waals surface area contributed by atoms with E-state index in [-0.39, 0.29) is 0 Å². The van der Waals surface area contributed by atoms with Crippen LogP contribution in [-0.4, -0.2) is 36.2 Å². The zero-order chi connectivity index (χ0) is 10.7. The molecule has 0 aliphatic heterocycles. The average Bonchev–Trinajstić information content (AvgIpc) is 2.16. The summed E-state index contributed by atoms with van der Waals surface area (Å²) in [5, 5.41) is 5.40. The highest BCUT2D eigenvalue weighted by Gasteiger charge is 2.33. The summed E-state index contributed by atoms with van der Waals surface area (Å²) in [6.45, 7) is 1.90. The second-order valence-electron chi connectivity index (χ2n) is 1.82. The van der Waals surface area contributed by atoms with Crippen molar-refractivity contribution in [2.75, 3.05) is 21.3 Å². The quantitative estimate of drug-likeness (QED) is 0.420. The Morgan fingerprint density at radius 1 is 1.23 bits per heavy atom. The van der Waals surface area contributed by atoms with Crippen molar-refractivity contribution in [3.63, 3.8) is 0 Å². The van der Waals surface area contributed by atoms with Gasteiger partial charge in [0.1, 0.15) is 0 Å². The van der Waals surface area contributed by atoms with Gasteiger partial charge in [-0.15, -0.1) is 0 Å². The highest BCUT2D eigenvalue weighted by Crippen LogP contribution is 2.06. The topological polar surface area (TPSA) is 68.6 Å². The maximum Gasteiger partial charge on any atom is 0.528 e. The van der Waals surface area contributed by atoms with E-state index in [1.165, 1.54) is 0 Å². The summed E-state index contributed by atoms with van der Waals surface area (Å²) in [5.74, 6) is 0. The first kappa shape index (κ1) is 14.7. The molecule has 0 radical (unpaired) electrons. The number of rotatable bonds is 4. The van der Waals surface area contributed by atoms with Gasteiger partial charge in [0.2, 0.25) is 6.08 Å². The molecule has 0 unspecified atom stereocenters. The Hall–Kier alpha value is -0.783. The lowest BCUT2D eigenvalue weighted by Gasteiger charge is -2.19. The monoisotopic (exact) mass is 205 g/mol. The van der Waals surface area contributed by atoms with E-state index in [1.54, 1.807) is 21.3 Å². The van der Waals surface area contributed by atoms with Crippen LogP contribution in [0.3, 0.4) is 0 Å². The second-order valence-corrected chi connectivity index (χ2v) is 4.58. The molecular weight excluding hydrogens is 190 g/mol. The zero-order valence-electron chi connectivity index (χ0n) is 8.29. The Morgan fingerprint density at radius 2 is 1.54 bits per heavy atom. The average molecular weight is 205 g/mol. The molecule has 0 heterocycles. The summed E-state index contributed by atoms with van der Waals surface area (Å²) in [6, 6.07) is 0. The van der Waals surface area contributed by atoms with Crippen LogP contribution in [0.5, 0.6) is 0 Å². The summed E-state index contributed by atoms with van der Waals surface area (Å²) in [6.07, 6.45) is 2.61. The van der Waals surface area contributed by atoms with E-state index in [0.717, 1.165) is 6.08 Å². The second kappa shape index (κ2) is 9.31.